The lowest BCUT2D eigenvalue weighted by Gasteiger charge is -2.25. The van der Waals surface area contributed by atoms with E-state index in [0.717, 1.165) is 23.8 Å². The Morgan fingerprint density at radius 2 is 2.12 bits per heavy atom. The van der Waals surface area contributed by atoms with Crippen LogP contribution in [0.5, 0.6) is 0 Å². The number of hydrogen-bond acceptors (Lipinski definition) is 1. The van der Waals surface area contributed by atoms with Crippen molar-refractivity contribution >= 4 is 0 Å². The van der Waals surface area contributed by atoms with Crippen molar-refractivity contribution in [3.05, 3.63) is 23.8 Å². The Bertz CT molecular complexity index is 319. The molecule has 0 fully saturated rings. The number of hydrogen-bond donors (Lipinski definition) is 0. The second-order valence-corrected chi connectivity index (χ2v) is 5.29. The highest BCUT2D eigenvalue weighted by Gasteiger charge is 2.19. The monoisotopic (exact) mass is 231 g/mol. The van der Waals surface area contributed by atoms with Gasteiger partial charge in [-0.05, 0) is 36.7 Å². The van der Waals surface area contributed by atoms with Gasteiger partial charge in [0.1, 0.15) is 0 Å². The maximum absolute atomic E-state index is 8.81. The normalized spacial score (nSPS) is 22.7. The minimum atomic E-state index is 0.654. The molecule has 0 heterocycles. The molecule has 0 amide bonds. The zero-order chi connectivity index (χ0) is 12.7. The van der Waals surface area contributed by atoms with Crippen LogP contribution in [0.1, 0.15) is 52.9 Å². The standard InChI is InChI=1S/C16H25N/c1-4-13(3)6-9-15(5-2)16-10-7-14(12-17)8-11-16/h7-8,10,13,15-16H,4-6,9,11H2,1-3H3. The van der Waals surface area contributed by atoms with Gasteiger partial charge < -0.3 is 0 Å². The molecule has 94 valence electrons. The summed E-state index contributed by atoms with van der Waals surface area (Å²) in [6, 6.07) is 2.22. The van der Waals surface area contributed by atoms with Crippen LogP contribution in [-0.4, -0.2) is 0 Å². The molecule has 0 bridgehead atoms. The molecule has 0 spiro atoms. The first-order valence-corrected chi connectivity index (χ1v) is 6.99. The Hall–Kier alpha value is -1.03. The Labute approximate surface area is 106 Å². The van der Waals surface area contributed by atoms with E-state index in [0.29, 0.717) is 5.92 Å². The molecule has 1 nitrogen and oxygen atoms in total. The third-order valence-corrected chi connectivity index (χ3v) is 4.12. The number of rotatable bonds is 6. The van der Waals surface area contributed by atoms with Crippen LogP contribution >= 0.6 is 0 Å². The summed E-state index contributed by atoms with van der Waals surface area (Å²) in [6.07, 6.45) is 12.6. The zero-order valence-electron chi connectivity index (χ0n) is 11.4. The van der Waals surface area contributed by atoms with Crippen LogP contribution in [0.15, 0.2) is 23.8 Å². The Kier molecular flexibility index (Phi) is 6.05. The van der Waals surface area contributed by atoms with E-state index >= 15 is 0 Å². The van der Waals surface area contributed by atoms with Gasteiger partial charge in [-0.25, -0.2) is 0 Å². The molecule has 0 aliphatic heterocycles. The first-order valence-electron chi connectivity index (χ1n) is 6.99. The van der Waals surface area contributed by atoms with Gasteiger partial charge in [-0.15, -0.1) is 0 Å². The molecule has 0 saturated carbocycles. The fourth-order valence-corrected chi connectivity index (χ4v) is 2.49. The van der Waals surface area contributed by atoms with E-state index in [2.05, 4.69) is 39.0 Å². The summed E-state index contributed by atoms with van der Waals surface area (Å²) in [5, 5.41) is 8.81. The summed E-state index contributed by atoms with van der Waals surface area (Å²) in [6.45, 7) is 6.91. The highest BCUT2D eigenvalue weighted by atomic mass is 14.3. The molecular weight excluding hydrogens is 206 g/mol. The van der Waals surface area contributed by atoms with Gasteiger partial charge in [0.2, 0.25) is 0 Å². The molecule has 0 radical (unpaired) electrons. The summed E-state index contributed by atoms with van der Waals surface area (Å²) < 4.78 is 0. The maximum Gasteiger partial charge on any atom is 0.0988 e. The molecule has 0 saturated heterocycles. The summed E-state index contributed by atoms with van der Waals surface area (Å²) in [7, 11) is 0. The summed E-state index contributed by atoms with van der Waals surface area (Å²) >= 11 is 0. The summed E-state index contributed by atoms with van der Waals surface area (Å²) in [5.74, 6) is 2.29. The fraction of sp³-hybridized carbons (Fsp3) is 0.688. The van der Waals surface area contributed by atoms with E-state index in [4.69, 9.17) is 5.26 Å². The maximum atomic E-state index is 8.81. The van der Waals surface area contributed by atoms with E-state index in [-0.39, 0.29) is 0 Å². The largest absolute Gasteiger partial charge is 0.192 e. The predicted octanol–water partition coefficient (Wildman–Crippen LogP) is 4.86. The van der Waals surface area contributed by atoms with Gasteiger partial charge >= 0.3 is 0 Å². The second kappa shape index (κ2) is 7.33. The molecule has 0 aromatic rings. The molecule has 0 N–H and O–H groups in total. The summed E-state index contributed by atoms with van der Waals surface area (Å²) in [5.41, 5.74) is 0.832. The number of nitriles is 1. The lowest BCUT2D eigenvalue weighted by Crippen LogP contribution is -2.14. The molecule has 0 aromatic carbocycles. The van der Waals surface area contributed by atoms with Crippen molar-refractivity contribution in [3.63, 3.8) is 0 Å². The third-order valence-electron chi connectivity index (χ3n) is 4.12. The second-order valence-electron chi connectivity index (χ2n) is 5.29. The molecule has 0 aromatic heterocycles. The Morgan fingerprint density at radius 1 is 1.35 bits per heavy atom. The minimum absolute atomic E-state index is 0.654. The van der Waals surface area contributed by atoms with Crippen molar-refractivity contribution in [3.8, 4) is 6.07 Å². The number of allylic oxidation sites excluding steroid dienone is 4. The van der Waals surface area contributed by atoms with Gasteiger partial charge in [-0.1, -0.05) is 52.2 Å². The topological polar surface area (TPSA) is 23.8 Å². The van der Waals surface area contributed by atoms with Gasteiger partial charge in [-0.3, -0.25) is 0 Å². The van der Waals surface area contributed by atoms with Crippen LogP contribution in [0.4, 0.5) is 0 Å². The van der Waals surface area contributed by atoms with Crippen LogP contribution < -0.4 is 0 Å². The fourth-order valence-electron chi connectivity index (χ4n) is 2.49. The smallest absolute Gasteiger partial charge is 0.0988 e. The van der Waals surface area contributed by atoms with Crippen LogP contribution in [-0.2, 0) is 0 Å². The van der Waals surface area contributed by atoms with Crippen molar-refractivity contribution < 1.29 is 0 Å². The molecule has 1 rings (SSSR count). The first kappa shape index (κ1) is 14.0. The van der Waals surface area contributed by atoms with Crippen LogP contribution in [0.2, 0.25) is 0 Å². The summed E-state index contributed by atoms with van der Waals surface area (Å²) in [4.78, 5) is 0. The van der Waals surface area contributed by atoms with E-state index < -0.39 is 0 Å². The van der Waals surface area contributed by atoms with E-state index in [9.17, 15) is 0 Å². The number of nitrogens with zero attached hydrogens (tertiary/aromatic N) is 1. The lowest BCUT2D eigenvalue weighted by atomic mass is 9.80. The SMILES string of the molecule is CCC(C)CCC(CC)C1C=CC(C#N)=CC1. The lowest BCUT2D eigenvalue weighted by molar-refractivity contribution is 0.321. The zero-order valence-corrected chi connectivity index (χ0v) is 11.4. The molecule has 1 heteroatoms. The van der Waals surface area contributed by atoms with Gasteiger partial charge in [-0.2, -0.15) is 5.26 Å². The average Bonchev–Trinajstić information content (AvgIpc) is 2.39. The van der Waals surface area contributed by atoms with E-state index in [1.807, 2.05) is 6.08 Å². The molecule has 1 aliphatic carbocycles. The van der Waals surface area contributed by atoms with Crippen molar-refractivity contribution in [2.75, 3.05) is 0 Å². The molecule has 17 heavy (non-hydrogen) atoms. The van der Waals surface area contributed by atoms with Gasteiger partial charge in [0.25, 0.3) is 0 Å². The minimum Gasteiger partial charge on any atom is -0.192 e. The highest BCUT2D eigenvalue weighted by molar-refractivity contribution is 5.35. The predicted molar refractivity (Wildman–Crippen MR) is 73.4 cm³/mol. The molecule has 1 aliphatic rings. The molecule has 3 unspecified atom stereocenters. The van der Waals surface area contributed by atoms with Gasteiger partial charge in [0.05, 0.1) is 6.07 Å². The van der Waals surface area contributed by atoms with Gasteiger partial charge in [0.15, 0.2) is 0 Å². The molecular formula is C16H25N. The van der Waals surface area contributed by atoms with Crippen molar-refractivity contribution in [2.24, 2.45) is 17.8 Å². The van der Waals surface area contributed by atoms with Crippen molar-refractivity contribution in [1.82, 2.24) is 0 Å². The Morgan fingerprint density at radius 3 is 2.59 bits per heavy atom. The van der Waals surface area contributed by atoms with Gasteiger partial charge in [0, 0.05) is 5.57 Å². The van der Waals surface area contributed by atoms with Crippen LogP contribution in [0, 0.1) is 29.1 Å². The average molecular weight is 231 g/mol. The molecule has 3 atom stereocenters. The Balaban J connectivity index is 2.45. The van der Waals surface area contributed by atoms with Crippen LogP contribution in [0.25, 0.3) is 0 Å². The van der Waals surface area contributed by atoms with Crippen molar-refractivity contribution in [2.45, 2.75) is 52.9 Å². The third kappa shape index (κ3) is 4.38. The van der Waals surface area contributed by atoms with E-state index in [1.54, 1.807) is 0 Å². The quantitative estimate of drug-likeness (QED) is 0.640. The van der Waals surface area contributed by atoms with Crippen LogP contribution in [0.3, 0.4) is 0 Å². The van der Waals surface area contributed by atoms with Crippen molar-refractivity contribution in [1.29, 1.82) is 5.26 Å². The highest BCUT2D eigenvalue weighted by Crippen LogP contribution is 2.30. The first-order chi connectivity index (χ1) is 8.21. The van der Waals surface area contributed by atoms with E-state index in [1.165, 1.54) is 25.7 Å².